The molecule has 8 rings (SSSR count). The number of anilines is 3. The third-order valence-corrected chi connectivity index (χ3v) is 11.3. The fourth-order valence-corrected chi connectivity index (χ4v) is 8.02. The number of aliphatic hydroxyl groups is 1. The summed E-state index contributed by atoms with van der Waals surface area (Å²) in [5.41, 5.74) is 4.80. The number of benzene rings is 1. The minimum absolute atomic E-state index is 0.237. The molecular formula is C36H44N8O2. The first kappa shape index (κ1) is 28.2. The maximum Gasteiger partial charge on any atom is 0.278 e. The van der Waals surface area contributed by atoms with Crippen molar-refractivity contribution in [1.82, 2.24) is 29.2 Å². The lowest BCUT2D eigenvalue weighted by molar-refractivity contribution is 0.0734. The molecule has 0 unspecified atom stereocenters. The zero-order chi connectivity index (χ0) is 32.6. The number of piperidine rings is 2. The van der Waals surface area contributed by atoms with Crippen LogP contribution in [0, 0.1) is 17.8 Å². The summed E-state index contributed by atoms with van der Waals surface area (Å²) in [6.07, 6.45) is 9.78. The zero-order valence-corrected chi connectivity index (χ0v) is 26.9. The summed E-state index contributed by atoms with van der Waals surface area (Å²) in [4.78, 5) is 32.7. The van der Waals surface area contributed by atoms with Crippen LogP contribution in [0.25, 0.3) is 16.9 Å². The molecule has 240 valence electrons. The molecule has 2 aliphatic carbocycles. The first-order valence-corrected chi connectivity index (χ1v) is 16.8. The number of fused-ring (bicyclic) bond motifs is 2. The average Bonchev–Trinajstić information content (AvgIpc) is 3.82. The van der Waals surface area contributed by atoms with E-state index < -0.39 is 11.5 Å². The number of allylic oxidation sites excluding steroid dienone is 1. The number of rotatable bonds is 6. The van der Waals surface area contributed by atoms with Crippen molar-refractivity contribution in [2.45, 2.75) is 70.9 Å². The Bertz CT molecular complexity index is 1930. The van der Waals surface area contributed by atoms with Crippen LogP contribution in [0.3, 0.4) is 0 Å². The van der Waals surface area contributed by atoms with Gasteiger partial charge in [-0.05, 0) is 119 Å². The summed E-state index contributed by atoms with van der Waals surface area (Å²) in [7, 11) is 2.23. The molecule has 0 bridgehead atoms. The first-order valence-electron chi connectivity index (χ1n) is 17.3. The van der Waals surface area contributed by atoms with E-state index >= 15 is 0 Å². The molecule has 0 amide bonds. The monoisotopic (exact) mass is 621 g/mol. The molecule has 3 fully saturated rings. The lowest BCUT2D eigenvalue weighted by Crippen LogP contribution is -2.46. The summed E-state index contributed by atoms with van der Waals surface area (Å²) in [6.45, 7) is 10.8. The van der Waals surface area contributed by atoms with E-state index in [2.05, 4.69) is 58.9 Å². The topological polar surface area (TPSA) is 104 Å². The molecule has 1 atom stereocenters. The van der Waals surface area contributed by atoms with Crippen LogP contribution in [-0.4, -0.2) is 67.5 Å². The minimum Gasteiger partial charge on any atom is -0.386 e. The van der Waals surface area contributed by atoms with Crippen molar-refractivity contribution in [2.75, 3.05) is 43.4 Å². The van der Waals surface area contributed by atoms with Crippen molar-refractivity contribution in [1.29, 1.82) is 0 Å². The van der Waals surface area contributed by atoms with E-state index in [0.717, 1.165) is 50.0 Å². The van der Waals surface area contributed by atoms with E-state index in [1.54, 1.807) is 17.0 Å². The van der Waals surface area contributed by atoms with E-state index in [1.165, 1.54) is 54.7 Å². The van der Waals surface area contributed by atoms with E-state index in [1.807, 2.05) is 12.1 Å². The van der Waals surface area contributed by atoms with Crippen molar-refractivity contribution >= 4 is 28.4 Å². The van der Waals surface area contributed by atoms with E-state index in [-0.39, 0.29) is 12.1 Å². The van der Waals surface area contributed by atoms with Gasteiger partial charge in [-0.2, -0.15) is 4.98 Å². The molecule has 10 nitrogen and oxygen atoms in total. The number of likely N-dealkylation sites (tertiary alicyclic amines) is 1. The van der Waals surface area contributed by atoms with Gasteiger partial charge in [0, 0.05) is 36.1 Å². The highest BCUT2D eigenvalue weighted by atomic mass is 16.3. The highest BCUT2D eigenvalue weighted by Crippen LogP contribution is 2.60. The highest BCUT2D eigenvalue weighted by molar-refractivity contribution is 5.77. The van der Waals surface area contributed by atoms with Crippen LogP contribution in [-0.2, 0) is 13.0 Å². The maximum atomic E-state index is 13.5. The van der Waals surface area contributed by atoms with Gasteiger partial charge in [0.25, 0.3) is 5.56 Å². The Morgan fingerprint density at radius 3 is 2.54 bits per heavy atom. The van der Waals surface area contributed by atoms with Crippen molar-refractivity contribution in [3.8, 4) is 5.82 Å². The second-order valence-corrected chi connectivity index (χ2v) is 14.1. The van der Waals surface area contributed by atoms with E-state index in [4.69, 9.17) is 11.3 Å². The first-order chi connectivity index (χ1) is 22.6. The smallest absolute Gasteiger partial charge is 0.278 e. The van der Waals surface area contributed by atoms with Crippen molar-refractivity contribution in [3.63, 3.8) is 0 Å². The van der Waals surface area contributed by atoms with Gasteiger partial charge in [-0.3, -0.25) is 4.79 Å². The van der Waals surface area contributed by atoms with E-state index in [9.17, 15) is 9.90 Å². The Morgan fingerprint density at radius 2 is 1.83 bits per heavy atom. The molecule has 2 aliphatic heterocycles. The fourth-order valence-electron chi connectivity index (χ4n) is 8.02. The Labute approximate surface area is 271 Å². The number of aryl methyl sites for hydroxylation is 2. The van der Waals surface area contributed by atoms with Crippen molar-refractivity contribution in [3.05, 3.63) is 76.4 Å². The third-order valence-electron chi connectivity index (χ3n) is 11.3. The molecule has 5 heterocycles. The zero-order valence-electron chi connectivity index (χ0n) is 27.9. The average molecular weight is 622 g/mol. The van der Waals surface area contributed by atoms with Gasteiger partial charge in [-0.25, -0.2) is 19.3 Å². The standard InChI is InChI=1S/C36H44N8O2/c1-4-17-43-33(46)27-23-37-34(40-32(27)44(43)29-8-5-25-9-10-36(11-12-36)31(45)30(25)39-29)38-26-6-7-28(24(2)22-26)42-20-15-35(16-21-42)13-18-41(3)19-14-35/h4-8,22-23,31,45H,1,9-21H2,2-3H3,(H,37,38,40)/t31-/m1/s1/i31D. The number of aromatic nitrogens is 5. The van der Waals surface area contributed by atoms with Crippen LogP contribution in [0.4, 0.5) is 17.3 Å². The molecule has 0 radical (unpaired) electrons. The van der Waals surface area contributed by atoms with Gasteiger partial charge in [-0.15, -0.1) is 6.58 Å². The second-order valence-electron chi connectivity index (χ2n) is 14.1. The van der Waals surface area contributed by atoms with Crippen molar-refractivity contribution in [2.24, 2.45) is 10.8 Å². The van der Waals surface area contributed by atoms with Gasteiger partial charge >= 0.3 is 0 Å². The maximum absolute atomic E-state index is 13.5. The number of pyridine rings is 1. The Kier molecular flexibility index (Phi) is 6.78. The van der Waals surface area contributed by atoms with Gasteiger partial charge in [0.1, 0.15) is 11.5 Å². The highest BCUT2D eigenvalue weighted by Gasteiger charge is 2.52. The number of hydrogen-bond acceptors (Lipinski definition) is 8. The summed E-state index contributed by atoms with van der Waals surface area (Å²) in [5.74, 6) is 0.790. The van der Waals surface area contributed by atoms with E-state index in [0.29, 0.717) is 33.9 Å². The molecule has 2 N–H and O–H groups in total. The minimum atomic E-state index is -1.77. The van der Waals surface area contributed by atoms with Gasteiger partial charge in [0.15, 0.2) is 11.5 Å². The lowest BCUT2D eigenvalue weighted by Gasteiger charge is -2.47. The van der Waals surface area contributed by atoms with Gasteiger partial charge in [0.05, 0.1) is 13.6 Å². The van der Waals surface area contributed by atoms with Crippen LogP contribution in [0.5, 0.6) is 0 Å². The Morgan fingerprint density at radius 1 is 1.07 bits per heavy atom. The normalized spacial score (nSPS) is 23.8. The van der Waals surface area contributed by atoms with Crippen LogP contribution in [0.1, 0.15) is 69.2 Å². The summed E-state index contributed by atoms with van der Waals surface area (Å²) >= 11 is 0. The predicted octanol–water partition coefficient (Wildman–Crippen LogP) is 5.29. The van der Waals surface area contributed by atoms with Gasteiger partial charge < -0.3 is 20.2 Å². The molecule has 1 aromatic carbocycles. The molecular weight excluding hydrogens is 576 g/mol. The SMILES string of the molecule is [2H][C@@]1(O)c2nc(-n3c4nc(Nc5ccc(N6CCC7(CCN(C)CC7)CC6)c(C)c5)ncc4c(=O)n3CC=C)ccc2CCC12CC2. The van der Waals surface area contributed by atoms with Crippen LogP contribution in [0.2, 0.25) is 0 Å². The van der Waals surface area contributed by atoms with Gasteiger partial charge in [-0.1, -0.05) is 12.1 Å². The lowest BCUT2D eigenvalue weighted by atomic mass is 9.71. The van der Waals surface area contributed by atoms with Crippen molar-refractivity contribution < 1.29 is 6.48 Å². The second kappa shape index (κ2) is 11.1. The largest absolute Gasteiger partial charge is 0.386 e. The molecule has 10 heteroatoms. The molecule has 46 heavy (non-hydrogen) atoms. The fraction of sp³-hybridized carbons (Fsp3) is 0.500. The molecule has 4 aliphatic rings. The predicted molar refractivity (Wildman–Crippen MR) is 181 cm³/mol. The Hall–Kier alpha value is -4.02. The Balaban J connectivity index is 1.08. The number of hydrogen-bond donors (Lipinski definition) is 2. The third kappa shape index (κ3) is 4.93. The number of nitrogens with zero attached hydrogens (tertiary/aromatic N) is 7. The summed E-state index contributed by atoms with van der Waals surface area (Å²) in [6, 6.07) is 10.1. The summed E-state index contributed by atoms with van der Waals surface area (Å²) < 4.78 is 12.1. The molecule has 3 aromatic heterocycles. The molecule has 2 saturated heterocycles. The number of nitrogens with one attached hydrogen (secondary N) is 1. The summed E-state index contributed by atoms with van der Waals surface area (Å²) in [5, 5.41) is 15.1. The molecule has 1 saturated carbocycles. The van der Waals surface area contributed by atoms with Crippen LogP contribution >= 0.6 is 0 Å². The quantitative estimate of drug-likeness (QED) is 0.280. The van der Waals surface area contributed by atoms with Crippen LogP contribution in [0.15, 0.2) is 54.0 Å². The molecule has 4 aromatic rings. The van der Waals surface area contributed by atoms with Gasteiger partial charge in [0.2, 0.25) is 5.95 Å². The van der Waals surface area contributed by atoms with Crippen LogP contribution < -0.4 is 15.8 Å². The molecule has 2 spiro atoms.